The van der Waals surface area contributed by atoms with Crippen molar-refractivity contribution in [2.24, 2.45) is 5.92 Å². The minimum atomic E-state index is 0. The van der Waals surface area contributed by atoms with E-state index in [-0.39, 0.29) is 19.3 Å². The fourth-order valence-electron chi connectivity index (χ4n) is 5.61. The summed E-state index contributed by atoms with van der Waals surface area (Å²) in [4.78, 5) is 0. The average molecular weight is 590 g/mol. The lowest BCUT2D eigenvalue weighted by molar-refractivity contribution is 0.0292. The van der Waals surface area contributed by atoms with Crippen LogP contribution in [0.25, 0.3) is 0 Å². The van der Waals surface area contributed by atoms with E-state index >= 15 is 0 Å². The van der Waals surface area contributed by atoms with E-state index in [1.807, 2.05) is 35.1 Å². The summed E-state index contributed by atoms with van der Waals surface area (Å²) >= 11 is 0. The standard InChI is InChI=1S/C35H47N3O4.CH4/c1-5-6-8-13-29-21-33(39)35(32-20-27(4)14-15-31(32)26(2)3)34(22-29)42-19-18-40-16-17-41-25-30-24-38(37-36-30)23-28-11-9-7-10-12-28;/h7,9-12,20-22,24,31-32,39H,2,5-6,8,13-19,23,25H2,1,3-4H3;1H4. The fraction of sp³-hybridized carbons (Fsp3) is 0.500. The molecule has 43 heavy (non-hydrogen) atoms. The number of unbranched alkanes of at least 4 members (excludes halogenated alkanes) is 2. The number of hydrogen-bond donors (Lipinski definition) is 1. The van der Waals surface area contributed by atoms with Crippen molar-refractivity contribution < 1.29 is 19.3 Å². The van der Waals surface area contributed by atoms with Gasteiger partial charge in [-0.15, -0.1) is 5.10 Å². The number of aryl methyl sites for hydroxylation is 1. The van der Waals surface area contributed by atoms with Crippen molar-refractivity contribution in [3.8, 4) is 11.5 Å². The molecule has 2 aromatic carbocycles. The van der Waals surface area contributed by atoms with Crippen molar-refractivity contribution in [1.82, 2.24) is 15.0 Å². The number of hydrogen-bond acceptors (Lipinski definition) is 6. The van der Waals surface area contributed by atoms with Crippen molar-refractivity contribution in [3.05, 3.63) is 94.8 Å². The molecule has 2 unspecified atom stereocenters. The minimum absolute atomic E-state index is 0. The zero-order chi connectivity index (χ0) is 29.7. The summed E-state index contributed by atoms with van der Waals surface area (Å²) in [6.07, 6.45) is 10.6. The number of rotatable bonds is 17. The molecule has 1 N–H and O–H groups in total. The molecule has 0 radical (unpaired) electrons. The van der Waals surface area contributed by atoms with Gasteiger partial charge in [0, 0.05) is 11.5 Å². The third kappa shape index (κ3) is 10.4. The summed E-state index contributed by atoms with van der Waals surface area (Å²) in [5.74, 6) is 1.40. The molecule has 234 valence electrons. The van der Waals surface area contributed by atoms with E-state index < -0.39 is 0 Å². The molecule has 1 aromatic heterocycles. The maximum absolute atomic E-state index is 11.2. The van der Waals surface area contributed by atoms with Crippen molar-refractivity contribution in [2.45, 2.75) is 85.8 Å². The van der Waals surface area contributed by atoms with Crippen LogP contribution >= 0.6 is 0 Å². The number of phenolic OH excluding ortho intramolecular Hbond substituents is 1. The Morgan fingerprint density at radius 1 is 1.05 bits per heavy atom. The Hall–Kier alpha value is -3.42. The second-order valence-corrected chi connectivity index (χ2v) is 11.4. The smallest absolute Gasteiger partial charge is 0.127 e. The zero-order valence-corrected chi connectivity index (χ0v) is 25.6. The molecule has 0 spiro atoms. The molecule has 1 aliphatic rings. The third-order valence-corrected chi connectivity index (χ3v) is 7.84. The maximum Gasteiger partial charge on any atom is 0.127 e. The lowest BCUT2D eigenvalue weighted by Crippen LogP contribution is -2.19. The zero-order valence-electron chi connectivity index (χ0n) is 25.6. The molecule has 1 aliphatic carbocycles. The quantitative estimate of drug-likeness (QED) is 0.127. The highest BCUT2D eigenvalue weighted by Gasteiger charge is 2.30. The highest BCUT2D eigenvalue weighted by atomic mass is 16.5. The number of aromatic nitrogens is 3. The fourth-order valence-corrected chi connectivity index (χ4v) is 5.61. The van der Waals surface area contributed by atoms with Crippen LogP contribution in [0.5, 0.6) is 11.5 Å². The molecule has 7 nitrogen and oxygen atoms in total. The van der Waals surface area contributed by atoms with Crippen molar-refractivity contribution in [1.29, 1.82) is 0 Å². The van der Waals surface area contributed by atoms with Crippen LogP contribution in [0.15, 0.2) is 72.5 Å². The van der Waals surface area contributed by atoms with Crippen LogP contribution in [0.1, 0.15) is 88.6 Å². The number of ether oxygens (including phenoxy) is 3. The Morgan fingerprint density at radius 2 is 1.81 bits per heavy atom. The SMILES string of the molecule is C.C=C(C)C1CCC(C)=CC1c1c(O)cc(CCCCC)cc1OCCOCCOCc1cn(Cc2ccccc2)nn1. The molecule has 0 saturated carbocycles. The normalized spacial score (nSPS) is 16.4. The van der Waals surface area contributed by atoms with Gasteiger partial charge in [-0.25, -0.2) is 4.68 Å². The van der Waals surface area contributed by atoms with Gasteiger partial charge in [0.25, 0.3) is 0 Å². The summed E-state index contributed by atoms with van der Waals surface area (Å²) < 4.78 is 19.7. The number of allylic oxidation sites excluding steroid dienone is 3. The first-order valence-corrected chi connectivity index (χ1v) is 15.3. The van der Waals surface area contributed by atoms with Crippen LogP contribution in [-0.4, -0.2) is 46.5 Å². The summed E-state index contributed by atoms with van der Waals surface area (Å²) in [7, 11) is 0. The topological polar surface area (TPSA) is 78.6 Å². The Labute approximate surface area is 258 Å². The molecule has 2 atom stereocenters. The van der Waals surface area contributed by atoms with Crippen LogP contribution in [0.4, 0.5) is 0 Å². The van der Waals surface area contributed by atoms with E-state index in [1.54, 1.807) is 0 Å². The van der Waals surface area contributed by atoms with Gasteiger partial charge in [-0.3, -0.25) is 0 Å². The van der Waals surface area contributed by atoms with E-state index in [2.05, 4.69) is 61.9 Å². The second kappa shape index (κ2) is 17.6. The summed E-state index contributed by atoms with van der Waals surface area (Å²) in [6.45, 7) is 13.5. The third-order valence-electron chi connectivity index (χ3n) is 7.84. The predicted octanol–water partition coefficient (Wildman–Crippen LogP) is 8.03. The molecule has 1 heterocycles. The van der Waals surface area contributed by atoms with Crippen LogP contribution in [0, 0.1) is 5.92 Å². The lowest BCUT2D eigenvalue weighted by Gasteiger charge is -2.32. The Kier molecular flexibility index (Phi) is 14.0. The first-order chi connectivity index (χ1) is 20.4. The van der Waals surface area contributed by atoms with Gasteiger partial charge in [0.05, 0.1) is 39.2 Å². The van der Waals surface area contributed by atoms with Gasteiger partial charge in [0.1, 0.15) is 23.8 Å². The van der Waals surface area contributed by atoms with Crippen LogP contribution in [0.3, 0.4) is 0 Å². The average Bonchev–Trinajstić information content (AvgIpc) is 3.41. The number of benzene rings is 2. The van der Waals surface area contributed by atoms with Gasteiger partial charge in [0.15, 0.2) is 0 Å². The van der Waals surface area contributed by atoms with E-state index in [1.165, 1.54) is 17.6 Å². The summed E-state index contributed by atoms with van der Waals surface area (Å²) in [6, 6.07) is 14.2. The summed E-state index contributed by atoms with van der Waals surface area (Å²) in [5, 5.41) is 19.6. The molecular weight excluding hydrogens is 538 g/mol. The molecular formula is C36H51N3O4. The second-order valence-electron chi connectivity index (χ2n) is 11.4. The van der Waals surface area contributed by atoms with Crippen molar-refractivity contribution in [2.75, 3.05) is 26.4 Å². The van der Waals surface area contributed by atoms with Gasteiger partial charge < -0.3 is 19.3 Å². The Bertz CT molecular complexity index is 1300. The van der Waals surface area contributed by atoms with Gasteiger partial charge in [0.2, 0.25) is 0 Å². The van der Waals surface area contributed by atoms with Crippen LogP contribution in [-0.2, 0) is 29.0 Å². The molecule has 0 fully saturated rings. The van der Waals surface area contributed by atoms with Gasteiger partial charge in [-0.2, -0.15) is 0 Å². The summed E-state index contributed by atoms with van der Waals surface area (Å²) in [5.41, 5.74) is 6.43. The Morgan fingerprint density at radius 3 is 2.58 bits per heavy atom. The van der Waals surface area contributed by atoms with Crippen molar-refractivity contribution in [3.63, 3.8) is 0 Å². The van der Waals surface area contributed by atoms with E-state index in [9.17, 15) is 5.11 Å². The minimum Gasteiger partial charge on any atom is -0.507 e. The van der Waals surface area contributed by atoms with Crippen LogP contribution in [0.2, 0.25) is 0 Å². The van der Waals surface area contributed by atoms with Gasteiger partial charge in [-0.1, -0.05) is 86.5 Å². The van der Waals surface area contributed by atoms with Crippen LogP contribution < -0.4 is 4.74 Å². The van der Waals surface area contributed by atoms with E-state index in [0.717, 1.165) is 60.2 Å². The van der Waals surface area contributed by atoms with Gasteiger partial charge >= 0.3 is 0 Å². The molecule has 0 saturated heterocycles. The molecule has 3 aromatic rings. The first-order valence-electron chi connectivity index (χ1n) is 15.3. The largest absolute Gasteiger partial charge is 0.507 e. The van der Waals surface area contributed by atoms with Gasteiger partial charge in [-0.05, 0) is 68.7 Å². The highest BCUT2D eigenvalue weighted by molar-refractivity contribution is 5.52. The van der Waals surface area contributed by atoms with E-state index in [4.69, 9.17) is 14.2 Å². The lowest BCUT2D eigenvalue weighted by atomic mass is 9.73. The molecule has 7 heteroatoms. The number of aromatic hydroxyl groups is 1. The Balaban J connectivity index is 0.00000506. The maximum atomic E-state index is 11.2. The molecule has 0 bridgehead atoms. The molecule has 0 aliphatic heterocycles. The molecule has 0 amide bonds. The predicted molar refractivity (Wildman–Crippen MR) is 174 cm³/mol. The monoisotopic (exact) mass is 589 g/mol. The molecule has 4 rings (SSSR count). The van der Waals surface area contributed by atoms with E-state index in [0.29, 0.717) is 45.3 Å². The first kappa shape index (κ1) is 34.1. The highest BCUT2D eigenvalue weighted by Crippen LogP contribution is 2.47. The number of phenols is 1. The number of nitrogens with zero attached hydrogens (tertiary/aromatic N) is 3. The van der Waals surface area contributed by atoms with Crippen molar-refractivity contribution >= 4 is 0 Å².